The molecule has 1 atom stereocenters. The number of piperazine rings is 1. The van der Waals surface area contributed by atoms with Crippen molar-refractivity contribution in [3.63, 3.8) is 0 Å². The highest BCUT2D eigenvalue weighted by atomic mass is 32.1. The molecule has 5 rings (SSSR count). The summed E-state index contributed by atoms with van der Waals surface area (Å²) in [4.78, 5) is 35.6. The third-order valence-electron chi connectivity index (χ3n) is 6.03. The molecule has 1 aliphatic heterocycles. The Balaban J connectivity index is 1.15. The number of rotatable bonds is 7. The van der Waals surface area contributed by atoms with Gasteiger partial charge >= 0.3 is 0 Å². The van der Waals surface area contributed by atoms with E-state index in [1.165, 1.54) is 9.72 Å². The maximum absolute atomic E-state index is 12.8. The van der Waals surface area contributed by atoms with E-state index in [2.05, 4.69) is 45.1 Å². The molecule has 1 amide bonds. The molecule has 0 radical (unpaired) electrons. The molecule has 1 aromatic carbocycles. The van der Waals surface area contributed by atoms with Gasteiger partial charge in [-0.3, -0.25) is 4.79 Å². The first-order valence-corrected chi connectivity index (χ1v) is 12.2. The Morgan fingerprint density at radius 3 is 2.97 bits per heavy atom. The Morgan fingerprint density at radius 2 is 2.12 bits per heavy atom. The van der Waals surface area contributed by atoms with E-state index in [0.717, 1.165) is 40.0 Å². The molecule has 3 aromatic heterocycles. The number of carbonyl (C=O) groups excluding carboxylic acids is 1. The normalized spacial score (nSPS) is 16.6. The van der Waals surface area contributed by atoms with Gasteiger partial charge in [0.2, 0.25) is 5.91 Å². The number of carbonyl (C=O) groups is 1. The molecular weight excluding hydrogens is 438 g/mol. The number of anilines is 1. The maximum atomic E-state index is 12.8. The number of hydrogen-bond donors (Lipinski definition) is 0. The summed E-state index contributed by atoms with van der Waals surface area (Å²) in [5, 5.41) is 9.20. The van der Waals surface area contributed by atoms with Crippen LogP contribution in [0.15, 0.2) is 36.7 Å². The number of thiophene rings is 1. The predicted octanol–water partition coefficient (Wildman–Crippen LogP) is 2.94. The summed E-state index contributed by atoms with van der Waals surface area (Å²) in [6, 6.07) is 10.0. The molecule has 0 aliphatic carbocycles. The van der Waals surface area contributed by atoms with Gasteiger partial charge in [0, 0.05) is 37.0 Å². The number of hydrogen-bond acceptors (Lipinski definition) is 8. The predicted molar refractivity (Wildman–Crippen MR) is 128 cm³/mol. The molecular formula is C23H27N7O2S. The second-order valence-corrected chi connectivity index (χ2v) is 9.37. The summed E-state index contributed by atoms with van der Waals surface area (Å²) in [5.74, 6) is 1.13. The van der Waals surface area contributed by atoms with Gasteiger partial charge in [-0.25, -0.2) is 9.97 Å². The molecule has 4 heterocycles. The van der Waals surface area contributed by atoms with Crippen LogP contribution in [0.2, 0.25) is 0 Å². The van der Waals surface area contributed by atoms with Crippen LogP contribution in [0, 0.1) is 0 Å². The minimum atomic E-state index is 0.158. The number of aryl methyl sites for hydroxylation is 1. The standard InChI is InChI=1S/C23H27N7O2S/c1-3-17-13-18-22(24-15-25-23(18)33-17)29-11-10-28(14-16(29)2)21(31)9-6-12-32-30-20-8-5-4-7-19(20)26-27-30/h4-5,7-8,13,15-16H,3,6,9-12,14H2,1-2H3/t16-/m1/s1. The lowest BCUT2D eigenvalue weighted by molar-refractivity contribution is -0.132. The lowest BCUT2D eigenvalue weighted by Crippen LogP contribution is -2.54. The van der Waals surface area contributed by atoms with Crippen LogP contribution in [0.25, 0.3) is 21.3 Å². The van der Waals surface area contributed by atoms with Gasteiger partial charge in [0.25, 0.3) is 0 Å². The molecule has 4 aromatic rings. The fourth-order valence-electron chi connectivity index (χ4n) is 4.27. The number of fused-ring (bicyclic) bond motifs is 2. The van der Waals surface area contributed by atoms with Crippen LogP contribution >= 0.6 is 11.3 Å². The van der Waals surface area contributed by atoms with E-state index in [1.807, 2.05) is 29.2 Å². The number of benzene rings is 1. The maximum Gasteiger partial charge on any atom is 0.222 e. The number of para-hydroxylation sites is 1. The third-order valence-corrected chi connectivity index (χ3v) is 7.22. The quantitative estimate of drug-likeness (QED) is 0.388. The molecule has 172 valence electrons. The summed E-state index contributed by atoms with van der Waals surface area (Å²) in [6.07, 6.45) is 3.72. The third kappa shape index (κ3) is 4.35. The zero-order chi connectivity index (χ0) is 22.8. The zero-order valence-corrected chi connectivity index (χ0v) is 19.7. The van der Waals surface area contributed by atoms with Crippen molar-refractivity contribution >= 4 is 44.3 Å². The Labute approximate surface area is 195 Å². The van der Waals surface area contributed by atoms with E-state index in [0.29, 0.717) is 32.5 Å². The molecule has 0 spiro atoms. The summed E-state index contributed by atoms with van der Waals surface area (Å²) in [6.45, 7) is 6.85. The molecule has 0 N–H and O–H groups in total. The van der Waals surface area contributed by atoms with Gasteiger partial charge in [0.15, 0.2) is 0 Å². The second-order valence-electron chi connectivity index (χ2n) is 8.25. The van der Waals surface area contributed by atoms with E-state index >= 15 is 0 Å². The molecule has 1 saturated heterocycles. The van der Waals surface area contributed by atoms with Crippen molar-refractivity contribution in [1.82, 2.24) is 30.0 Å². The van der Waals surface area contributed by atoms with Crippen LogP contribution in [0.3, 0.4) is 0 Å². The van der Waals surface area contributed by atoms with Crippen LogP contribution in [0.5, 0.6) is 0 Å². The van der Waals surface area contributed by atoms with Crippen molar-refractivity contribution in [2.45, 2.75) is 39.2 Å². The highest BCUT2D eigenvalue weighted by molar-refractivity contribution is 7.18. The van der Waals surface area contributed by atoms with Crippen LogP contribution in [0.4, 0.5) is 5.82 Å². The van der Waals surface area contributed by atoms with Gasteiger partial charge in [-0.15, -0.1) is 16.4 Å². The summed E-state index contributed by atoms with van der Waals surface area (Å²) in [7, 11) is 0. The van der Waals surface area contributed by atoms with Gasteiger partial charge < -0.3 is 14.6 Å². The van der Waals surface area contributed by atoms with E-state index in [9.17, 15) is 4.79 Å². The van der Waals surface area contributed by atoms with E-state index in [1.54, 1.807) is 17.7 Å². The van der Waals surface area contributed by atoms with Crippen molar-refractivity contribution in [2.24, 2.45) is 0 Å². The van der Waals surface area contributed by atoms with Gasteiger partial charge in [0.1, 0.15) is 34.6 Å². The summed E-state index contributed by atoms with van der Waals surface area (Å²) >= 11 is 1.73. The highest BCUT2D eigenvalue weighted by Gasteiger charge is 2.28. The summed E-state index contributed by atoms with van der Waals surface area (Å²) in [5.41, 5.74) is 1.61. The highest BCUT2D eigenvalue weighted by Crippen LogP contribution is 2.32. The van der Waals surface area contributed by atoms with Crippen LogP contribution in [0.1, 0.15) is 31.6 Å². The van der Waals surface area contributed by atoms with Gasteiger partial charge in [-0.1, -0.05) is 23.9 Å². The molecule has 33 heavy (non-hydrogen) atoms. The van der Waals surface area contributed by atoms with Crippen molar-refractivity contribution in [3.05, 3.63) is 41.5 Å². The van der Waals surface area contributed by atoms with Crippen LogP contribution in [-0.2, 0) is 11.2 Å². The van der Waals surface area contributed by atoms with Crippen molar-refractivity contribution in [3.8, 4) is 0 Å². The fraction of sp³-hybridized carbons (Fsp3) is 0.435. The number of amides is 1. The van der Waals surface area contributed by atoms with Crippen molar-refractivity contribution in [1.29, 1.82) is 0 Å². The van der Waals surface area contributed by atoms with Gasteiger partial charge in [0.05, 0.1) is 5.39 Å². The average Bonchev–Trinajstić information content (AvgIpc) is 3.45. The topological polar surface area (TPSA) is 89.3 Å². The zero-order valence-electron chi connectivity index (χ0n) is 18.8. The van der Waals surface area contributed by atoms with Gasteiger partial charge in [-0.05, 0) is 43.2 Å². The molecule has 10 heteroatoms. The monoisotopic (exact) mass is 465 g/mol. The smallest absolute Gasteiger partial charge is 0.222 e. The van der Waals surface area contributed by atoms with E-state index in [4.69, 9.17) is 4.84 Å². The molecule has 1 aliphatic rings. The van der Waals surface area contributed by atoms with Crippen LogP contribution in [-0.4, -0.2) is 68.2 Å². The lowest BCUT2D eigenvalue weighted by Gasteiger charge is -2.40. The lowest BCUT2D eigenvalue weighted by atomic mass is 10.1. The van der Waals surface area contributed by atoms with Crippen LogP contribution < -0.4 is 9.74 Å². The molecule has 0 saturated carbocycles. The summed E-state index contributed by atoms with van der Waals surface area (Å²) < 4.78 is 0. The Bertz CT molecular complexity index is 1270. The number of nitrogens with zero attached hydrogens (tertiary/aromatic N) is 7. The fourth-order valence-corrected chi connectivity index (χ4v) is 5.20. The Hall–Kier alpha value is -3.27. The first-order chi connectivity index (χ1) is 16.1. The molecule has 9 nitrogen and oxygen atoms in total. The largest absolute Gasteiger partial charge is 0.395 e. The Kier molecular flexibility index (Phi) is 6.08. The average molecular weight is 466 g/mol. The minimum absolute atomic E-state index is 0.158. The van der Waals surface area contributed by atoms with Crippen molar-refractivity contribution < 1.29 is 9.63 Å². The van der Waals surface area contributed by atoms with Gasteiger partial charge in [-0.2, -0.15) is 0 Å². The Morgan fingerprint density at radius 1 is 1.24 bits per heavy atom. The molecule has 1 fully saturated rings. The first kappa shape index (κ1) is 21.6. The minimum Gasteiger partial charge on any atom is -0.395 e. The molecule has 0 bridgehead atoms. The SMILES string of the molecule is CCc1cc2c(N3CCN(C(=O)CCCOn4nnc5ccccc54)C[C@H]3C)ncnc2s1. The molecule has 0 unspecified atom stereocenters. The second kappa shape index (κ2) is 9.30. The number of aromatic nitrogens is 5. The van der Waals surface area contributed by atoms with E-state index in [-0.39, 0.29) is 11.9 Å². The van der Waals surface area contributed by atoms with E-state index < -0.39 is 0 Å². The van der Waals surface area contributed by atoms with Crippen molar-refractivity contribution in [2.75, 3.05) is 31.1 Å². The first-order valence-electron chi connectivity index (χ1n) is 11.4.